The van der Waals surface area contributed by atoms with E-state index in [-0.39, 0.29) is 0 Å². The first kappa shape index (κ1) is 35.5. The second kappa shape index (κ2) is 13.9. The topological polar surface area (TPSA) is 6.48 Å². The minimum atomic E-state index is -0.546. The third kappa shape index (κ3) is 5.07. The number of para-hydroxylation sites is 4. The summed E-state index contributed by atoms with van der Waals surface area (Å²) in [5.74, 6) is 0. The average molecular weight is 801 g/mol. The van der Waals surface area contributed by atoms with Crippen LogP contribution in [0.15, 0.2) is 243 Å². The summed E-state index contributed by atoms with van der Waals surface area (Å²) in [5.41, 5.74) is 23.7. The van der Waals surface area contributed by atoms with Crippen molar-refractivity contribution in [3.8, 4) is 55.6 Å². The number of fused-ring (bicyclic) bond motifs is 17. The van der Waals surface area contributed by atoms with Crippen molar-refractivity contribution < 1.29 is 0 Å². The summed E-state index contributed by atoms with van der Waals surface area (Å²) in [4.78, 5) is 4.96. The first-order valence-corrected chi connectivity index (χ1v) is 21.9. The van der Waals surface area contributed by atoms with Crippen LogP contribution in [0.3, 0.4) is 0 Å². The van der Waals surface area contributed by atoms with Crippen molar-refractivity contribution >= 4 is 34.1 Å². The van der Waals surface area contributed by atoms with Gasteiger partial charge in [-0.3, -0.25) is 0 Å². The average Bonchev–Trinajstić information content (AvgIpc) is 3.52. The second-order valence-corrected chi connectivity index (χ2v) is 16.7. The van der Waals surface area contributed by atoms with Crippen LogP contribution < -0.4 is 9.80 Å². The van der Waals surface area contributed by atoms with Crippen LogP contribution in [0.2, 0.25) is 0 Å². The van der Waals surface area contributed by atoms with Crippen LogP contribution in [0.25, 0.3) is 55.6 Å². The summed E-state index contributed by atoms with van der Waals surface area (Å²) < 4.78 is 0. The summed E-state index contributed by atoms with van der Waals surface area (Å²) >= 11 is 0. The summed E-state index contributed by atoms with van der Waals surface area (Å²) in [6.45, 7) is 0. The molecule has 1 spiro atoms. The third-order valence-corrected chi connectivity index (χ3v) is 13.6. The van der Waals surface area contributed by atoms with Gasteiger partial charge in [-0.1, -0.05) is 194 Å². The van der Waals surface area contributed by atoms with Crippen molar-refractivity contribution in [3.63, 3.8) is 0 Å². The zero-order valence-electron chi connectivity index (χ0n) is 34.5. The Morgan fingerprint density at radius 1 is 0.286 bits per heavy atom. The van der Waals surface area contributed by atoms with Gasteiger partial charge in [-0.2, -0.15) is 0 Å². The van der Waals surface area contributed by atoms with Gasteiger partial charge in [0.25, 0.3) is 0 Å². The van der Waals surface area contributed by atoms with Crippen LogP contribution in [0.1, 0.15) is 22.3 Å². The molecule has 1 aliphatic heterocycles. The Bertz CT molecular complexity index is 3380. The molecule has 0 unspecified atom stereocenters. The molecule has 0 aromatic heterocycles. The number of anilines is 6. The van der Waals surface area contributed by atoms with Crippen molar-refractivity contribution in [3.05, 3.63) is 265 Å². The molecule has 0 atom stereocenters. The number of rotatable bonds is 4. The van der Waals surface area contributed by atoms with E-state index in [0.29, 0.717) is 0 Å². The lowest BCUT2D eigenvalue weighted by Crippen LogP contribution is -2.29. The normalized spacial score (nSPS) is 13.2. The Labute approximate surface area is 368 Å². The highest BCUT2D eigenvalue weighted by molar-refractivity contribution is 6.08. The van der Waals surface area contributed by atoms with Crippen molar-refractivity contribution in [1.82, 2.24) is 0 Å². The Kier molecular flexibility index (Phi) is 7.85. The first-order valence-electron chi connectivity index (χ1n) is 21.9. The van der Waals surface area contributed by atoms with E-state index in [1.54, 1.807) is 0 Å². The molecule has 294 valence electrons. The predicted octanol–water partition coefficient (Wildman–Crippen LogP) is 16.3. The van der Waals surface area contributed by atoms with E-state index >= 15 is 0 Å². The number of hydrogen-bond acceptors (Lipinski definition) is 2. The summed E-state index contributed by atoms with van der Waals surface area (Å²) in [6.07, 6.45) is 0. The fourth-order valence-corrected chi connectivity index (χ4v) is 11.2. The molecular formula is C61H40N2. The van der Waals surface area contributed by atoms with E-state index in [2.05, 4.69) is 252 Å². The van der Waals surface area contributed by atoms with Crippen LogP contribution >= 0.6 is 0 Å². The number of hydrogen-bond donors (Lipinski definition) is 0. The Morgan fingerprint density at radius 3 is 1.33 bits per heavy atom. The van der Waals surface area contributed by atoms with E-state index in [1.165, 1.54) is 77.9 Å². The van der Waals surface area contributed by atoms with Gasteiger partial charge in [0, 0.05) is 28.2 Å². The van der Waals surface area contributed by atoms with Crippen molar-refractivity contribution in [2.75, 3.05) is 9.80 Å². The minimum Gasteiger partial charge on any atom is -0.308 e. The highest BCUT2D eigenvalue weighted by atomic mass is 15.2. The highest BCUT2D eigenvalue weighted by Gasteiger charge is 2.49. The maximum Gasteiger partial charge on any atom is 0.0781 e. The van der Waals surface area contributed by atoms with Gasteiger partial charge in [-0.15, -0.1) is 0 Å². The van der Waals surface area contributed by atoms with E-state index in [9.17, 15) is 0 Å². The van der Waals surface area contributed by atoms with Gasteiger partial charge < -0.3 is 9.80 Å². The Balaban J connectivity index is 1.14. The zero-order chi connectivity index (χ0) is 41.5. The smallest absolute Gasteiger partial charge is 0.0781 e. The molecule has 0 saturated heterocycles. The lowest BCUT2D eigenvalue weighted by Gasteiger charge is -2.37. The molecular weight excluding hydrogens is 761 g/mol. The van der Waals surface area contributed by atoms with E-state index in [1.807, 2.05) is 0 Å². The quantitative estimate of drug-likeness (QED) is 0.175. The van der Waals surface area contributed by atoms with Gasteiger partial charge in [0.15, 0.2) is 0 Å². The Hall–Kier alpha value is -8.20. The van der Waals surface area contributed by atoms with E-state index in [0.717, 1.165) is 34.1 Å². The van der Waals surface area contributed by atoms with Crippen LogP contribution in [-0.4, -0.2) is 0 Å². The van der Waals surface area contributed by atoms with Crippen molar-refractivity contribution in [1.29, 1.82) is 0 Å². The summed E-state index contributed by atoms with van der Waals surface area (Å²) in [7, 11) is 0. The molecule has 2 aliphatic carbocycles. The molecule has 0 bridgehead atoms. The Morgan fingerprint density at radius 2 is 0.714 bits per heavy atom. The van der Waals surface area contributed by atoms with Gasteiger partial charge in [0.05, 0.1) is 22.5 Å². The summed E-state index contributed by atoms with van der Waals surface area (Å²) in [5, 5.41) is 0. The molecule has 1 heterocycles. The molecule has 0 saturated carbocycles. The van der Waals surface area contributed by atoms with Crippen LogP contribution in [0.4, 0.5) is 34.1 Å². The second-order valence-electron chi connectivity index (χ2n) is 16.7. The molecule has 0 fully saturated rings. The lowest BCUT2D eigenvalue weighted by molar-refractivity contribution is 0.775. The molecule has 0 amide bonds. The van der Waals surface area contributed by atoms with Crippen LogP contribution in [-0.2, 0) is 5.41 Å². The largest absolute Gasteiger partial charge is 0.308 e. The molecule has 10 aromatic rings. The predicted molar refractivity (Wildman–Crippen MR) is 262 cm³/mol. The van der Waals surface area contributed by atoms with Crippen molar-refractivity contribution in [2.45, 2.75) is 5.41 Å². The van der Waals surface area contributed by atoms with Gasteiger partial charge in [0.1, 0.15) is 0 Å². The van der Waals surface area contributed by atoms with Crippen LogP contribution in [0, 0.1) is 0 Å². The highest BCUT2D eigenvalue weighted by Crippen LogP contribution is 2.62. The molecule has 0 N–H and O–H groups in total. The van der Waals surface area contributed by atoms with Gasteiger partial charge in [-0.25, -0.2) is 0 Å². The van der Waals surface area contributed by atoms with Gasteiger partial charge in [-0.05, 0) is 115 Å². The van der Waals surface area contributed by atoms with Crippen LogP contribution in [0.5, 0.6) is 0 Å². The molecule has 2 nitrogen and oxygen atoms in total. The first-order chi connectivity index (χ1) is 31.3. The molecule has 13 rings (SSSR count). The lowest BCUT2D eigenvalue weighted by atomic mass is 9.66. The maximum absolute atomic E-state index is 2.48. The number of nitrogens with zero attached hydrogens (tertiary/aromatic N) is 2. The number of benzene rings is 10. The fraction of sp³-hybridized carbons (Fsp3) is 0.0164. The third-order valence-electron chi connectivity index (χ3n) is 13.6. The standard InChI is InChI=1S/C61H40N2/c1-3-20-41(21-4-1)62(59-37-19-32-52-46-26-9-8-25-45(46)51-31-14-18-36-58(51)63(60(52)59)42-22-5-2-6-23-42)43-38-39-57-53(40-43)47-27-10-7-24-44(47)48-28-11-15-33-54(48)61(57)55-34-16-12-29-49(55)50-30-13-17-35-56(50)61/h1-40H. The monoisotopic (exact) mass is 800 g/mol. The molecule has 10 aromatic carbocycles. The van der Waals surface area contributed by atoms with Crippen molar-refractivity contribution in [2.24, 2.45) is 0 Å². The van der Waals surface area contributed by atoms with E-state index in [4.69, 9.17) is 0 Å². The SMILES string of the molecule is c1ccc(N(c2ccc3c(c2)-c2ccccc2-c2ccccc2C32c3ccccc3-c3ccccc32)c2cccc3c2N(c2ccccc2)c2ccccc2-c2ccccc2-3)cc1. The fourth-order valence-electron chi connectivity index (χ4n) is 11.2. The molecule has 63 heavy (non-hydrogen) atoms. The molecule has 0 radical (unpaired) electrons. The molecule has 3 aliphatic rings. The summed E-state index contributed by atoms with van der Waals surface area (Å²) in [6, 6.07) is 89.9. The zero-order valence-corrected chi connectivity index (χ0v) is 34.5. The van der Waals surface area contributed by atoms with Gasteiger partial charge in [0.2, 0.25) is 0 Å². The molecule has 2 heteroatoms. The van der Waals surface area contributed by atoms with E-state index < -0.39 is 5.41 Å². The maximum atomic E-state index is 2.48. The van der Waals surface area contributed by atoms with Gasteiger partial charge >= 0.3 is 0 Å². The minimum absolute atomic E-state index is 0.546.